The Morgan fingerprint density at radius 2 is 1.92 bits per heavy atom. The first-order valence-electron chi connectivity index (χ1n) is 4.53. The molecule has 0 aliphatic carbocycles. The average molecular weight is 186 g/mol. The second-order valence-corrected chi connectivity index (χ2v) is 8.67. The van der Waals surface area contributed by atoms with Crippen molar-refractivity contribution in [2.24, 2.45) is 0 Å². The van der Waals surface area contributed by atoms with Gasteiger partial charge in [-0.3, -0.25) is 0 Å². The molecule has 0 fully saturated rings. The third kappa shape index (κ3) is 14.9. The molecular weight excluding hydrogens is 167 g/mol. The van der Waals surface area contributed by atoms with Gasteiger partial charge in [0.2, 0.25) is 0 Å². The Morgan fingerprint density at radius 1 is 1.31 bits per heavy atom. The van der Waals surface area contributed by atoms with Crippen molar-refractivity contribution in [3.8, 4) is 11.5 Å². The first kappa shape index (κ1) is 15.6. The van der Waals surface area contributed by atoms with Gasteiger partial charge in [-0.2, -0.15) is 6.42 Å². The number of hydrogen-bond donors (Lipinski definition) is 0. The second-order valence-electron chi connectivity index (χ2n) is 3.92. The Morgan fingerprint density at radius 3 is 2.38 bits per heavy atom. The summed E-state index contributed by atoms with van der Waals surface area (Å²) >= 11 is 0. The van der Waals surface area contributed by atoms with Crippen LogP contribution in [0.3, 0.4) is 0 Å². The van der Waals surface area contributed by atoms with Gasteiger partial charge in [0.15, 0.2) is 0 Å². The van der Waals surface area contributed by atoms with Crippen molar-refractivity contribution in [1.29, 1.82) is 0 Å². The Hall–Kier alpha value is 0.114. The van der Waals surface area contributed by atoms with Gasteiger partial charge in [-0.15, -0.1) is 5.54 Å². The van der Waals surface area contributed by atoms with E-state index >= 15 is 0 Å². The predicted molar refractivity (Wildman–Crippen MR) is 59.5 cm³/mol. The van der Waals surface area contributed by atoms with Crippen LogP contribution in [-0.4, -0.2) is 8.07 Å². The summed E-state index contributed by atoms with van der Waals surface area (Å²) in [7, 11) is -1.15. The van der Waals surface area contributed by atoms with Crippen LogP contribution in [0.1, 0.15) is 19.3 Å². The zero-order valence-corrected chi connectivity index (χ0v) is 10.5. The Balaban J connectivity index is 0. The fraction of sp³-hybridized carbons (Fsp3) is 0.545. The van der Waals surface area contributed by atoms with E-state index in [1.165, 1.54) is 6.42 Å². The van der Waals surface area contributed by atoms with E-state index in [0.717, 1.165) is 12.8 Å². The van der Waals surface area contributed by atoms with E-state index in [0.29, 0.717) is 0 Å². The van der Waals surface area contributed by atoms with Gasteiger partial charge in [0, 0.05) is 0 Å². The fourth-order valence-electron chi connectivity index (χ4n) is 0.663. The summed E-state index contributed by atoms with van der Waals surface area (Å²) in [6.07, 6.45) is 7.42. The van der Waals surface area contributed by atoms with Gasteiger partial charge < -0.3 is 6.92 Å². The minimum Gasteiger partial charge on any atom is -0.343 e. The van der Waals surface area contributed by atoms with Crippen LogP contribution < -0.4 is 18.9 Å². The molecule has 0 aliphatic rings. The fourth-order valence-corrected chi connectivity index (χ4v) is 1.18. The standard InChI is InChI=1S/C11H19Si.Li/c1-5-6-7-8-9-10-11-12(2,3)4;/h8-9H,1,5-7H2,2-4H3;/q-1;+1/b9-8-;. The number of hydrogen-bond acceptors (Lipinski definition) is 0. The van der Waals surface area contributed by atoms with Crippen LogP contribution >= 0.6 is 0 Å². The van der Waals surface area contributed by atoms with Gasteiger partial charge in [-0.25, -0.2) is 0 Å². The molecule has 0 spiro atoms. The van der Waals surface area contributed by atoms with Crippen LogP contribution in [0.4, 0.5) is 0 Å². The van der Waals surface area contributed by atoms with E-state index in [2.05, 4.69) is 44.1 Å². The van der Waals surface area contributed by atoms with Crippen LogP contribution in [-0.2, 0) is 0 Å². The Bertz CT molecular complexity index is 190. The maximum absolute atomic E-state index is 3.78. The molecule has 0 radical (unpaired) electrons. The molecule has 0 saturated carbocycles. The predicted octanol–water partition coefficient (Wildman–Crippen LogP) is 0.432. The van der Waals surface area contributed by atoms with Crippen molar-refractivity contribution in [3.63, 3.8) is 0 Å². The van der Waals surface area contributed by atoms with E-state index in [4.69, 9.17) is 0 Å². The molecule has 0 N–H and O–H groups in total. The van der Waals surface area contributed by atoms with Crippen molar-refractivity contribution in [2.75, 3.05) is 0 Å². The average Bonchev–Trinajstić information content (AvgIpc) is 1.94. The van der Waals surface area contributed by atoms with E-state index in [9.17, 15) is 0 Å². The minimum absolute atomic E-state index is 0. The molecule has 0 rings (SSSR count). The van der Waals surface area contributed by atoms with Gasteiger partial charge in [0.1, 0.15) is 8.07 Å². The molecule has 0 aromatic carbocycles. The third-order valence-electron chi connectivity index (χ3n) is 1.27. The van der Waals surface area contributed by atoms with E-state index in [1.54, 1.807) is 0 Å². The van der Waals surface area contributed by atoms with Gasteiger partial charge in [-0.05, 0) is 12.5 Å². The summed E-state index contributed by atoms with van der Waals surface area (Å²) in [5.74, 6) is 3.09. The van der Waals surface area contributed by atoms with Crippen molar-refractivity contribution in [3.05, 3.63) is 19.1 Å². The Kier molecular flexibility index (Phi) is 10.4. The molecule has 0 aromatic rings. The van der Waals surface area contributed by atoms with Crippen LogP contribution in [0, 0.1) is 18.4 Å². The van der Waals surface area contributed by atoms with Gasteiger partial charge in [0.25, 0.3) is 0 Å². The van der Waals surface area contributed by atoms with Crippen LogP contribution in [0.25, 0.3) is 0 Å². The SMILES string of the molecule is [CH2-]CCC/C=C\C#C[Si](C)(C)C.[Li+]. The zero-order valence-electron chi connectivity index (χ0n) is 9.48. The van der Waals surface area contributed by atoms with Crippen molar-refractivity contribution >= 4 is 8.07 Å². The third-order valence-corrected chi connectivity index (χ3v) is 2.16. The molecule has 0 bridgehead atoms. The van der Waals surface area contributed by atoms with Crippen molar-refractivity contribution < 1.29 is 18.9 Å². The second kappa shape index (κ2) is 8.70. The van der Waals surface area contributed by atoms with Crippen LogP contribution in [0.5, 0.6) is 0 Å². The normalized spacial score (nSPS) is 10.5. The number of unbranched alkanes of at least 4 members (excludes halogenated alkanes) is 2. The smallest absolute Gasteiger partial charge is 0.343 e. The Labute approximate surface area is 96.4 Å². The minimum atomic E-state index is -1.15. The summed E-state index contributed by atoms with van der Waals surface area (Å²) in [6, 6.07) is 0. The van der Waals surface area contributed by atoms with Gasteiger partial charge in [-0.1, -0.05) is 38.1 Å². The summed E-state index contributed by atoms with van der Waals surface area (Å²) in [5.41, 5.74) is 3.29. The molecule has 0 heterocycles. The summed E-state index contributed by atoms with van der Waals surface area (Å²) in [5, 5.41) is 0. The molecule has 0 aliphatic heterocycles. The monoisotopic (exact) mass is 186 g/mol. The molecule has 2 heteroatoms. The molecule has 13 heavy (non-hydrogen) atoms. The van der Waals surface area contributed by atoms with Crippen LogP contribution in [0.2, 0.25) is 19.6 Å². The van der Waals surface area contributed by atoms with E-state index < -0.39 is 8.07 Å². The topological polar surface area (TPSA) is 0 Å². The van der Waals surface area contributed by atoms with Crippen molar-refractivity contribution in [2.45, 2.75) is 38.9 Å². The molecule has 68 valence electrons. The van der Waals surface area contributed by atoms with E-state index in [1.807, 2.05) is 6.08 Å². The largest absolute Gasteiger partial charge is 1.00 e. The molecular formula is C11H19LiSi. The number of allylic oxidation sites excluding steroid dienone is 2. The van der Waals surface area contributed by atoms with Gasteiger partial charge in [0.05, 0.1) is 0 Å². The van der Waals surface area contributed by atoms with Crippen LogP contribution in [0.15, 0.2) is 12.2 Å². The summed E-state index contributed by atoms with van der Waals surface area (Å²) in [6.45, 7) is 10.5. The molecule has 0 saturated heterocycles. The molecule has 0 amide bonds. The summed E-state index contributed by atoms with van der Waals surface area (Å²) in [4.78, 5) is 0. The molecule has 0 nitrogen and oxygen atoms in total. The van der Waals surface area contributed by atoms with Gasteiger partial charge >= 0.3 is 18.9 Å². The first-order valence-corrected chi connectivity index (χ1v) is 8.03. The maximum Gasteiger partial charge on any atom is 1.00 e. The van der Waals surface area contributed by atoms with E-state index in [-0.39, 0.29) is 18.9 Å². The number of rotatable bonds is 3. The molecule has 0 atom stereocenters. The quantitative estimate of drug-likeness (QED) is 0.259. The first-order chi connectivity index (χ1) is 5.56. The zero-order chi connectivity index (χ0) is 9.45. The summed E-state index contributed by atoms with van der Waals surface area (Å²) < 4.78 is 0. The van der Waals surface area contributed by atoms with Crippen molar-refractivity contribution in [1.82, 2.24) is 0 Å². The molecule has 0 unspecified atom stereocenters. The molecule has 0 aromatic heterocycles. The maximum atomic E-state index is 3.78.